The summed E-state index contributed by atoms with van der Waals surface area (Å²) in [6.45, 7) is 1.97. The number of hydrogen-bond acceptors (Lipinski definition) is 3. The van der Waals surface area contributed by atoms with Crippen LogP contribution in [0, 0.1) is 11.3 Å². The zero-order chi connectivity index (χ0) is 11.5. The molecular weight excluding hydrogens is 216 g/mol. The van der Waals surface area contributed by atoms with E-state index in [1.165, 1.54) is 36.1 Å². The Kier molecular flexibility index (Phi) is 3.31. The number of rotatable bonds is 2. The van der Waals surface area contributed by atoms with Gasteiger partial charge < -0.3 is 5.73 Å². The van der Waals surface area contributed by atoms with E-state index >= 15 is 0 Å². The van der Waals surface area contributed by atoms with Crippen LogP contribution in [0.15, 0.2) is 11.6 Å². The molecule has 0 amide bonds. The highest BCUT2D eigenvalue weighted by atomic mass is 32.1. The van der Waals surface area contributed by atoms with Crippen molar-refractivity contribution in [3.05, 3.63) is 27.0 Å². The zero-order valence-corrected chi connectivity index (χ0v) is 10.4. The highest BCUT2D eigenvalue weighted by molar-refractivity contribution is 7.13. The third kappa shape index (κ3) is 1.98. The number of aryl methyl sites for hydroxylation is 2. The summed E-state index contributed by atoms with van der Waals surface area (Å²) in [5, 5.41) is 8.98. The SMILES string of the molecule is CCC(C#N)=C(N)c1cc2c(s1)CCCC2. The van der Waals surface area contributed by atoms with E-state index in [4.69, 9.17) is 11.0 Å². The summed E-state index contributed by atoms with van der Waals surface area (Å²) in [4.78, 5) is 2.56. The monoisotopic (exact) mass is 232 g/mol. The van der Waals surface area contributed by atoms with Crippen molar-refractivity contribution < 1.29 is 0 Å². The predicted octanol–water partition coefficient (Wildman–Crippen LogP) is 3.23. The Morgan fingerprint density at radius 3 is 2.88 bits per heavy atom. The maximum atomic E-state index is 8.98. The maximum absolute atomic E-state index is 8.98. The molecule has 1 aliphatic carbocycles. The lowest BCUT2D eigenvalue weighted by molar-refractivity contribution is 0.697. The molecule has 3 heteroatoms. The van der Waals surface area contributed by atoms with Crippen molar-refractivity contribution in [1.29, 1.82) is 5.26 Å². The molecule has 0 radical (unpaired) electrons. The highest BCUT2D eigenvalue weighted by Gasteiger charge is 2.15. The minimum absolute atomic E-state index is 0.685. The fraction of sp³-hybridized carbons (Fsp3) is 0.462. The number of allylic oxidation sites excluding steroid dienone is 1. The molecule has 0 atom stereocenters. The Hall–Kier alpha value is -1.27. The van der Waals surface area contributed by atoms with Gasteiger partial charge in [0.1, 0.15) is 0 Å². The number of nitrogens with two attached hydrogens (primary N) is 1. The first-order valence-corrected chi connectivity index (χ1v) is 6.58. The first-order valence-electron chi connectivity index (χ1n) is 5.77. The molecule has 2 N–H and O–H groups in total. The molecule has 0 spiro atoms. The Bertz CT molecular complexity index is 439. The van der Waals surface area contributed by atoms with E-state index in [0.29, 0.717) is 17.7 Å². The maximum Gasteiger partial charge on any atom is 0.0969 e. The molecule has 2 rings (SSSR count). The minimum Gasteiger partial charge on any atom is -0.397 e. The van der Waals surface area contributed by atoms with Crippen molar-refractivity contribution >= 4 is 17.0 Å². The van der Waals surface area contributed by atoms with Gasteiger partial charge in [-0.05, 0) is 43.7 Å². The second-order valence-electron chi connectivity index (χ2n) is 4.12. The van der Waals surface area contributed by atoms with E-state index in [1.54, 1.807) is 11.3 Å². The average molecular weight is 232 g/mol. The highest BCUT2D eigenvalue weighted by Crippen LogP contribution is 2.32. The van der Waals surface area contributed by atoms with E-state index < -0.39 is 0 Å². The molecule has 0 saturated heterocycles. The summed E-state index contributed by atoms with van der Waals surface area (Å²) in [6, 6.07) is 4.37. The lowest BCUT2D eigenvalue weighted by atomic mass is 9.99. The molecule has 1 aromatic rings. The molecule has 0 aliphatic heterocycles. The summed E-state index contributed by atoms with van der Waals surface area (Å²) in [5.41, 5.74) is 8.88. The topological polar surface area (TPSA) is 49.8 Å². The third-order valence-electron chi connectivity index (χ3n) is 3.08. The molecule has 0 unspecified atom stereocenters. The number of fused-ring (bicyclic) bond motifs is 1. The standard InChI is InChI=1S/C13H16N2S/c1-2-9(8-14)13(15)12-7-10-5-3-4-6-11(10)16-12/h7H,2-6,15H2,1H3. The quantitative estimate of drug-likeness (QED) is 0.796. The van der Waals surface area contributed by atoms with E-state index in [2.05, 4.69) is 12.1 Å². The van der Waals surface area contributed by atoms with Crippen molar-refractivity contribution in [2.24, 2.45) is 5.73 Å². The van der Waals surface area contributed by atoms with Crippen LogP contribution in [0.5, 0.6) is 0 Å². The van der Waals surface area contributed by atoms with Gasteiger partial charge >= 0.3 is 0 Å². The lowest BCUT2D eigenvalue weighted by Gasteiger charge is -2.08. The van der Waals surface area contributed by atoms with E-state index in [1.807, 2.05) is 6.92 Å². The molecular formula is C13H16N2S. The van der Waals surface area contributed by atoms with E-state index in [9.17, 15) is 0 Å². The summed E-state index contributed by atoms with van der Waals surface area (Å²) >= 11 is 1.77. The van der Waals surface area contributed by atoms with Crippen molar-refractivity contribution in [1.82, 2.24) is 0 Å². The number of nitrogens with zero attached hydrogens (tertiary/aromatic N) is 1. The van der Waals surface area contributed by atoms with Crippen molar-refractivity contribution in [3.8, 4) is 6.07 Å². The normalized spacial score (nSPS) is 16.2. The van der Waals surface area contributed by atoms with Crippen molar-refractivity contribution in [2.75, 3.05) is 0 Å². The largest absolute Gasteiger partial charge is 0.397 e. The predicted molar refractivity (Wildman–Crippen MR) is 68.0 cm³/mol. The Morgan fingerprint density at radius 2 is 2.25 bits per heavy atom. The van der Waals surface area contributed by atoms with Crippen LogP contribution in [0.2, 0.25) is 0 Å². The van der Waals surface area contributed by atoms with Crippen LogP contribution in [0.4, 0.5) is 0 Å². The van der Waals surface area contributed by atoms with E-state index in [-0.39, 0.29) is 0 Å². The van der Waals surface area contributed by atoms with Gasteiger partial charge in [-0.2, -0.15) is 5.26 Å². The summed E-state index contributed by atoms with van der Waals surface area (Å²) < 4.78 is 0. The third-order valence-corrected chi connectivity index (χ3v) is 4.35. The molecule has 1 aromatic heterocycles. The smallest absolute Gasteiger partial charge is 0.0969 e. The molecule has 0 fully saturated rings. The van der Waals surface area contributed by atoms with Gasteiger partial charge in [0.15, 0.2) is 0 Å². The Labute approximate surface area is 100 Å². The average Bonchev–Trinajstić information content (AvgIpc) is 2.74. The van der Waals surface area contributed by atoms with Crippen molar-refractivity contribution in [3.63, 3.8) is 0 Å². The second kappa shape index (κ2) is 4.71. The van der Waals surface area contributed by atoms with Crippen LogP contribution in [-0.4, -0.2) is 0 Å². The first-order chi connectivity index (χ1) is 7.76. The van der Waals surface area contributed by atoms with E-state index in [0.717, 1.165) is 4.88 Å². The minimum atomic E-state index is 0.685. The molecule has 16 heavy (non-hydrogen) atoms. The van der Waals surface area contributed by atoms with Crippen LogP contribution in [0.25, 0.3) is 5.70 Å². The summed E-state index contributed by atoms with van der Waals surface area (Å²) in [5.74, 6) is 0. The van der Waals surface area contributed by atoms with Gasteiger partial charge in [-0.15, -0.1) is 11.3 Å². The zero-order valence-electron chi connectivity index (χ0n) is 9.55. The summed E-state index contributed by atoms with van der Waals surface area (Å²) in [7, 11) is 0. The number of thiophene rings is 1. The molecule has 0 saturated carbocycles. The number of nitriles is 1. The molecule has 1 aliphatic rings. The van der Waals surface area contributed by atoms with Gasteiger partial charge in [0.05, 0.1) is 22.2 Å². The van der Waals surface area contributed by atoms with Gasteiger partial charge in [0.2, 0.25) is 0 Å². The van der Waals surface area contributed by atoms with Gasteiger partial charge in [-0.25, -0.2) is 0 Å². The molecule has 0 aromatic carbocycles. The van der Waals surface area contributed by atoms with Gasteiger partial charge in [0, 0.05) is 4.88 Å². The van der Waals surface area contributed by atoms with Gasteiger partial charge in [-0.3, -0.25) is 0 Å². The van der Waals surface area contributed by atoms with Gasteiger partial charge in [0.25, 0.3) is 0 Å². The van der Waals surface area contributed by atoms with Crippen molar-refractivity contribution in [2.45, 2.75) is 39.0 Å². The first kappa shape index (κ1) is 11.2. The molecule has 2 nitrogen and oxygen atoms in total. The van der Waals surface area contributed by atoms with Gasteiger partial charge in [-0.1, -0.05) is 6.92 Å². The van der Waals surface area contributed by atoms with Crippen LogP contribution in [-0.2, 0) is 12.8 Å². The Balaban J connectivity index is 2.38. The van der Waals surface area contributed by atoms with Crippen LogP contribution in [0.1, 0.15) is 41.5 Å². The fourth-order valence-electron chi connectivity index (χ4n) is 2.10. The molecule has 0 bridgehead atoms. The second-order valence-corrected chi connectivity index (χ2v) is 5.26. The summed E-state index contributed by atoms with van der Waals surface area (Å²) in [6.07, 6.45) is 5.64. The molecule has 1 heterocycles. The van der Waals surface area contributed by atoms with Crippen LogP contribution < -0.4 is 5.73 Å². The molecule has 84 valence electrons. The Morgan fingerprint density at radius 1 is 1.50 bits per heavy atom. The van der Waals surface area contributed by atoms with Crippen LogP contribution in [0.3, 0.4) is 0 Å². The van der Waals surface area contributed by atoms with Crippen LogP contribution >= 0.6 is 11.3 Å². The number of hydrogen-bond donors (Lipinski definition) is 1. The fourth-order valence-corrected chi connectivity index (χ4v) is 3.34. The lowest BCUT2D eigenvalue weighted by Crippen LogP contribution is -1.98.